The summed E-state index contributed by atoms with van der Waals surface area (Å²) in [5, 5.41) is 6.10. The molecular weight excluding hydrogens is 328 g/mol. The van der Waals surface area contributed by atoms with E-state index in [2.05, 4.69) is 10.6 Å². The van der Waals surface area contributed by atoms with Gasteiger partial charge in [0, 0.05) is 16.9 Å². The average Bonchev–Trinajstić information content (AvgIpc) is 2.90. The molecule has 2 amide bonds. The van der Waals surface area contributed by atoms with Crippen LogP contribution in [0.2, 0.25) is 5.02 Å². The molecule has 0 saturated carbocycles. The van der Waals surface area contributed by atoms with E-state index in [4.69, 9.17) is 16.3 Å². The van der Waals surface area contributed by atoms with Crippen LogP contribution < -0.4 is 15.4 Å². The molecule has 1 heterocycles. The average molecular weight is 345 g/mol. The molecule has 2 aromatic rings. The van der Waals surface area contributed by atoms with Crippen molar-refractivity contribution in [3.05, 3.63) is 52.5 Å². The van der Waals surface area contributed by atoms with Crippen LogP contribution in [0.25, 0.3) is 0 Å². The monoisotopic (exact) mass is 344 g/mol. The number of rotatable bonds is 5. The minimum Gasteiger partial charge on any atom is -0.492 e. The molecule has 1 aliphatic rings. The first-order chi connectivity index (χ1) is 11.6. The van der Waals surface area contributed by atoms with Crippen LogP contribution in [-0.2, 0) is 22.4 Å². The van der Waals surface area contributed by atoms with Crippen LogP contribution in [0.15, 0.2) is 36.4 Å². The quantitative estimate of drug-likeness (QED) is 0.873. The lowest BCUT2D eigenvalue weighted by atomic mass is 10.1. The minimum atomic E-state index is -0.171. The van der Waals surface area contributed by atoms with Crippen molar-refractivity contribution >= 4 is 34.8 Å². The molecule has 0 radical (unpaired) electrons. The molecule has 0 saturated heterocycles. The van der Waals surface area contributed by atoms with Gasteiger partial charge in [-0.25, -0.2) is 0 Å². The second-order valence-electron chi connectivity index (χ2n) is 5.48. The van der Waals surface area contributed by atoms with Gasteiger partial charge in [-0.3, -0.25) is 9.59 Å². The highest BCUT2D eigenvalue weighted by atomic mass is 35.5. The smallest absolute Gasteiger partial charge is 0.228 e. The molecule has 5 nitrogen and oxygen atoms in total. The van der Waals surface area contributed by atoms with Crippen molar-refractivity contribution in [3.8, 4) is 5.75 Å². The van der Waals surface area contributed by atoms with E-state index in [-0.39, 0.29) is 18.2 Å². The van der Waals surface area contributed by atoms with Crippen molar-refractivity contribution in [1.82, 2.24) is 0 Å². The number of hydrogen-bond acceptors (Lipinski definition) is 3. The summed E-state index contributed by atoms with van der Waals surface area (Å²) in [4.78, 5) is 23.7. The maximum Gasteiger partial charge on any atom is 0.228 e. The Morgan fingerprint density at radius 2 is 2.17 bits per heavy atom. The van der Waals surface area contributed by atoms with E-state index >= 15 is 0 Å². The van der Waals surface area contributed by atoms with Gasteiger partial charge >= 0.3 is 0 Å². The highest BCUT2D eigenvalue weighted by Gasteiger charge is 2.18. The highest BCUT2D eigenvalue weighted by molar-refractivity contribution is 6.32. The van der Waals surface area contributed by atoms with Gasteiger partial charge in [-0.2, -0.15) is 0 Å². The Balaban J connectivity index is 1.72. The van der Waals surface area contributed by atoms with Crippen LogP contribution in [-0.4, -0.2) is 18.4 Å². The second kappa shape index (κ2) is 6.93. The van der Waals surface area contributed by atoms with E-state index in [9.17, 15) is 9.59 Å². The fourth-order valence-electron chi connectivity index (χ4n) is 2.68. The Bertz CT molecular complexity index is 805. The Kier molecular flexibility index (Phi) is 4.71. The lowest BCUT2D eigenvalue weighted by molar-refractivity contribution is -0.116. The van der Waals surface area contributed by atoms with E-state index in [1.807, 2.05) is 19.1 Å². The molecule has 0 atom stereocenters. The third-order valence-corrected chi connectivity index (χ3v) is 4.00. The van der Waals surface area contributed by atoms with Crippen molar-refractivity contribution in [2.24, 2.45) is 0 Å². The number of ether oxygens (including phenoxy) is 1. The molecule has 0 spiro atoms. The summed E-state index contributed by atoms with van der Waals surface area (Å²) in [7, 11) is 0. The van der Waals surface area contributed by atoms with Gasteiger partial charge in [-0.15, -0.1) is 0 Å². The van der Waals surface area contributed by atoms with Crippen LogP contribution in [0.3, 0.4) is 0 Å². The van der Waals surface area contributed by atoms with Crippen LogP contribution in [0.5, 0.6) is 5.75 Å². The standard InChI is InChI=1S/C18H17ClN2O3/c1-2-24-18-11(4-3-5-14(18)19)9-16(22)20-13-6-7-15-12(8-13)10-17(23)21-15/h3-8H,2,9-10H2,1H3,(H,20,22)(H,21,23). The summed E-state index contributed by atoms with van der Waals surface area (Å²) < 4.78 is 5.53. The van der Waals surface area contributed by atoms with Gasteiger partial charge in [-0.1, -0.05) is 23.7 Å². The van der Waals surface area contributed by atoms with E-state index in [0.29, 0.717) is 29.5 Å². The molecule has 0 fully saturated rings. The first kappa shape index (κ1) is 16.3. The minimum absolute atomic E-state index is 0.0336. The number of carbonyl (C=O) groups excluding carboxylic acids is 2. The van der Waals surface area contributed by atoms with Gasteiger partial charge in [0.05, 0.1) is 24.5 Å². The van der Waals surface area contributed by atoms with Crippen molar-refractivity contribution < 1.29 is 14.3 Å². The summed E-state index contributed by atoms with van der Waals surface area (Å²) in [6.07, 6.45) is 0.492. The third kappa shape index (κ3) is 3.51. The summed E-state index contributed by atoms with van der Waals surface area (Å²) in [5.74, 6) is 0.338. The zero-order valence-corrected chi connectivity index (χ0v) is 13.9. The SMILES string of the molecule is CCOc1c(Cl)cccc1CC(=O)Nc1ccc2c(c1)CC(=O)N2. The van der Waals surface area contributed by atoms with Crippen molar-refractivity contribution in [3.63, 3.8) is 0 Å². The van der Waals surface area contributed by atoms with Crippen LogP contribution in [0.1, 0.15) is 18.1 Å². The maximum absolute atomic E-state index is 12.3. The molecule has 0 bridgehead atoms. The van der Waals surface area contributed by atoms with Gasteiger partial charge in [0.15, 0.2) is 0 Å². The molecule has 3 rings (SSSR count). The summed E-state index contributed by atoms with van der Waals surface area (Å²) in [6, 6.07) is 10.7. The van der Waals surface area contributed by atoms with E-state index in [1.54, 1.807) is 24.3 Å². The number of benzene rings is 2. The van der Waals surface area contributed by atoms with Gasteiger partial charge in [0.25, 0.3) is 0 Å². The molecule has 2 aromatic carbocycles. The van der Waals surface area contributed by atoms with Crippen molar-refractivity contribution in [2.75, 3.05) is 17.2 Å². The lowest BCUT2D eigenvalue weighted by Gasteiger charge is -2.12. The predicted octanol–water partition coefficient (Wildman–Crippen LogP) is 3.41. The Labute approximate surface area is 145 Å². The van der Waals surface area contributed by atoms with Gasteiger partial charge in [-0.05, 0) is 36.8 Å². The molecular formula is C18H17ClN2O3. The number of anilines is 2. The van der Waals surface area contributed by atoms with Crippen molar-refractivity contribution in [1.29, 1.82) is 0 Å². The second-order valence-corrected chi connectivity index (χ2v) is 5.89. The zero-order chi connectivity index (χ0) is 17.1. The highest BCUT2D eigenvalue weighted by Crippen LogP contribution is 2.30. The predicted molar refractivity (Wildman–Crippen MR) is 93.7 cm³/mol. The molecule has 2 N–H and O–H groups in total. The molecule has 24 heavy (non-hydrogen) atoms. The topological polar surface area (TPSA) is 67.4 Å². The normalized spacial score (nSPS) is 12.5. The van der Waals surface area contributed by atoms with Gasteiger partial charge < -0.3 is 15.4 Å². The van der Waals surface area contributed by atoms with Crippen LogP contribution in [0.4, 0.5) is 11.4 Å². The van der Waals surface area contributed by atoms with Gasteiger partial charge in [0.1, 0.15) is 5.75 Å². The first-order valence-electron chi connectivity index (χ1n) is 7.69. The number of fused-ring (bicyclic) bond motifs is 1. The Morgan fingerprint density at radius 1 is 1.33 bits per heavy atom. The van der Waals surface area contributed by atoms with Gasteiger partial charge in [0.2, 0.25) is 11.8 Å². The maximum atomic E-state index is 12.3. The summed E-state index contributed by atoms with van der Waals surface area (Å²) in [5.41, 5.74) is 3.08. The molecule has 0 unspecified atom stereocenters. The molecule has 0 aromatic heterocycles. The zero-order valence-electron chi connectivity index (χ0n) is 13.2. The summed E-state index contributed by atoms with van der Waals surface area (Å²) >= 11 is 6.13. The fraction of sp³-hybridized carbons (Fsp3) is 0.222. The number of hydrogen-bond donors (Lipinski definition) is 2. The number of para-hydroxylation sites is 1. The Hall–Kier alpha value is -2.53. The van der Waals surface area contributed by atoms with E-state index in [0.717, 1.165) is 16.8 Å². The van der Waals surface area contributed by atoms with E-state index < -0.39 is 0 Å². The third-order valence-electron chi connectivity index (χ3n) is 3.70. The summed E-state index contributed by atoms with van der Waals surface area (Å²) in [6.45, 7) is 2.34. The largest absolute Gasteiger partial charge is 0.492 e. The lowest BCUT2D eigenvalue weighted by Crippen LogP contribution is -2.15. The number of amides is 2. The van der Waals surface area contributed by atoms with E-state index in [1.165, 1.54) is 0 Å². The molecule has 0 aliphatic carbocycles. The fourth-order valence-corrected chi connectivity index (χ4v) is 2.93. The van der Waals surface area contributed by atoms with Crippen LogP contribution >= 0.6 is 11.6 Å². The van der Waals surface area contributed by atoms with Crippen molar-refractivity contribution in [2.45, 2.75) is 19.8 Å². The first-order valence-corrected chi connectivity index (χ1v) is 8.07. The Morgan fingerprint density at radius 3 is 2.96 bits per heavy atom. The number of carbonyl (C=O) groups is 2. The number of nitrogens with one attached hydrogen (secondary N) is 2. The molecule has 1 aliphatic heterocycles. The van der Waals surface area contributed by atoms with Crippen LogP contribution in [0, 0.1) is 0 Å². The molecule has 124 valence electrons. The number of halogens is 1. The molecule has 6 heteroatoms.